The van der Waals surface area contributed by atoms with Crippen LogP contribution >= 0.6 is 0 Å². The van der Waals surface area contributed by atoms with Gasteiger partial charge in [0, 0.05) is 6.54 Å². The molecule has 17 heavy (non-hydrogen) atoms. The van der Waals surface area contributed by atoms with Crippen molar-refractivity contribution in [1.82, 2.24) is 4.90 Å². The van der Waals surface area contributed by atoms with Crippen LogP contribution < -0.4 is 5.32 Å². The molecular formula is C13H16N2O2. The van der Waals surface area contributed by atoms with Crippen molar-refractivity contribution in [3.05, 3.63) is 29.3 Å². The number of aliphatic hydroxyl groups is 1. The SMILES string of the molecule is Cc1cccc2c1N[C@@H](O)[C@@H]1CCCN1C2=O. The van der Waals surface area contributed by atoms with Crippen molar-refractivity contribution in [2.24, 2.45) is 0 Å². The van der Waals surface area contributed by atoms with Crippen LogP contribution in [0.15, 0.2) is 18.2 Å². The Kier molecular flexibility index (Phi) is 2.33. The first-order chi connectivity index (χ1) is 8.18. The van der Waals surface area contributed by atoms with Crippen molar-refractivity contribution in [2.75, 3.05) is 11.9 Å². The number of benzene rings is 1. The highest BCUT2D eigenvalue weighted by atomic mass is 16.3. The molecular weight excluding hydrogens is 216 g/mol. The van der Waals surface area contributed by atoms with E-state index < -0.39 is 6.23 Å². The fourth-order valence-corrected chi connectivity index (χ4v) is 2.81. The van der Waals surface area contributed by atoms with E-state index in [1.54, 1.807) is 4.90 Å². The lowest BCUT2D eigenvalue weighted by molar-refractivity contribution is 0.0581. The molecule has 0 spiro atoms. The molecule has 90 valence electrons. The van der Waals surface area contributed by atoms with Gasteiger partial charge in [0.25, 0.3) is 5.91 Å². The summed E-state index contributed by atoms with van der Waals surface area (Å²) in [5.74, 6) is 0.0373. The molecule has 2 aliphatic rings. The van der Waals surface area contributed by atoms with Gasteiger partial charge in [-0.05, 0) is 31.4 Å². The summed E-state index contributed by atoms with van der Waals surface area (Å²) >= 11 is 0. The summed E-state index contributed by atoms with van der Waals surface area (Å²) in [6.45, 7) is 2.69. The molecule has 1 aromatic rings. The van der Waals surface area contributed by atoms with E-state index in [-0.39, 0.29) is 11.9 Å². The molecule has 0 unspecified atom stereocenters. The number of anilines is 1. The van der Waals surface area contributed by atoms with Gasteiger partial charge in [-0.15, -0.1) is 0 Å². The van der Waals surface area contributed by atoms with E-state index in [4.69, 9.17) is 0 Å². The zero-order valence-corrected chi connectivity index (χ0v) is 9.81. The van der Waals surface area contributed by atoms with Gasteiger partial charge in [0.1, 0.15) is 6.23 Å². The fourth-order valence-electron chi connectivity index (χ4n) is 2.81. The first-order valence-corrected chi connectivity index (χ1v) is 6.03. The summed E-state index contributed by atoms with van der Waals surface area (Å²) in [4.78, 5) is 14.2. The van der Waals surface area contributed by atoms with Gasteiger partial charge in [0.2, 0.25) is 0 Å². The third-order valence-corrected chi connectivity index (χ3v) is 3.72. The maximum absolute atomic E-state index is 12.4. The van der Waals surface area contributed by atoms with E-state index in [2.05, 4.69) is 5.32 Å². The minimum atomic E-state index is -0.663. The molecule has 2 atom stereocenters. The molecule has 2 N–H and O–H groups in total. The third kappa shape index (κ3) is 1.52. The minimum Gasteiger partial charge on any atom is -0.372 e. The lowest BCUT2D eigenvalue weighted by Gasteiger charge is -2.25. The highest BCUT2D eigenvalue weighted by Gasteiger charge is 2.38. The van der Waals surface area contributed by atoms with Crippen LogP contribution in [0, 0.1) is 6.92 Å². The van der Waals surface area contributed by atoms with Crippen molar-refractivity contribution in [3.63, 3.8) is 0 Å². The first-order valence-electron chi connectivity index (χ1n) is 6.03. The molecule has 1 aromatic carbocycles. The summed E-state index contributed by atoms with van der Waals surface area (Å²) in [5.41, 5.74) is 2.45. The summed E-state index contributed by atoms with van der Waals surface area (Å²) in [6, 6.07) is 5.57. The Morgan fingerprint density at radius 1 is 1.47 bits per heavy atom. The number of hydrogen-bond donors (Lipinski definition) is 2. The van der Waals surface area contributed by atoms with Gasteiger partial charge in [0.15, 0.2) is 0 Å². The summed E-state index contributed by atoms with van der Waals surface area (Å²) in [7, 11) is 0. The average molecular weight is 232 g/mol. The molecule has 0 radical (unpaired) electrons. The summed E-state index contributed by atoms with van der Waals surface area (Å²) in [6.07, 6.45) is 1.17. The third-order valence-electron chi connectivity index (χ3n) is 3.72. The Bertz CT molecular complexity index is 472. The fraction of sp³-hybridized carbons (Fsp3) is 0.462. The Balaban J connectivity index is 2.12. The maximum atomic E-state index is 12.4. The molecule has 1 fully saturated rings. The quantitative estimate of drug-likeness (QED) is 0.710. The normalized spacial score (nSPS) is 27.2. The molecule has 1 saturated heterocycles. The predicted octanol–water partition coefficient (Wildman–Crippen LogP) is 1.34. The maximum Gasteiger partial charge on any atom is 0.256 e. The van der Waals surface area contributed by atoms with E-state index >= 15 is 0 Å². The highest BCUT2D eigenvalue weighted by Crippen LogP contribution is 2.31. The largest absolute Gasteiger partial charge is 0.372 e. The minimum absolute atomic E-state index is 0.0373. The second-order valence-corrected chi connectivity index (χ2v) is 4.79. The van der Waals surface area contributed by atoms with Crippen LogP contribution in [0.3, 0.4) is 0 Å². The second-order valence-electron chi connectivity index (χ2n) is 4.79. The number of fused-ring (bicyclic) bond motifs is 2. The van der Waals surface area contributed by atoms with Crippen LogP contribution in [0.1, 0.15) is 28.8 Å². The first kappa shape index (κ1) is 10.6. The van der Waals surface area contributed by atoms with E-state index in [9.17, 15) is 9.90 Å². The van der Waals surface area contributed by atoms with E-state index in [1.165, 1.54) is 0 Å². The predicted molar refractivity (Wildman–Crippen MR) is 64.9 cm³/mol. The van der Waals surface area contributed by atoms with E-state index in [0.29, 0.717) is 5.56 Å². The molecule has 1 amide bonds. The number of para-hydroxylation sites is 1. The Morgan fingerprint density at radius 2 is 2.29 bits per heavy atom. The highest BCUT2D eigenvalue weighted by molar-refractivity contribution is 6.01. The lowest BCUT2D eigenvalue weighted by atomic mass is 10.1. The number of nitrogens with one attached hydrogen (secondary N) is 1. The van der Waals surface area contributed by atoms with Crippen LogP contribution in [0.4, 0.5) is 5.69 Å². The Morgan fingerprint density at radius 3 is 3.12 bits per heavy atom. The van der Waals surface area contributed by atoms with Crippen molar-refractivity contribution in [2.45, 2.75) is 32.0 Å². The van der Waals surface area contributed by atoms with E-state index in [1.807, 2.05) is 25.1 Å². The van der Waals surface area contributed by atoms with Gasteiger partial charge in [-0.2, -0.15) is 0 Å². The Hall–Kier alpha value is -1.55. The van der Waals surface area contributed by atoms with Gasteiger partial charge >= 0.3 is 0 Å². The van der Waals surface area contributed by atoms with Crippen molar-refractivity contribution in [1.29, 1.82) is 0 Å². The molecule has 0 aromatic heterocycles. The van der Waals surface area contributed by atoms with Gasteiger partial charge < -0.3 is 15.3 Å². The standard InChI is InChI=1S/C13H16N2O2/c1-8-4-2-5-9-11(8)14-12(16)10-6-3-7-15(10)13(9)17/h2,4-5,10,12,14,16H,3,6-7H2,1H3/t10-,12-/m0/s1. The second kappa shape index (κ2) is 3.74. The smallest absolute Gasteiger partial charge is 0.256 e. The molecule has 0 aliphatic carbocycles. The number of amides is 1. The molecule has 0 saturated carbocycles. The van der Waals surface area contributed by atoms with Gasteiger partial charge in [-0.25, -0.2) is 0 Å². The molecule has 0 bridgehead atoms. The van der Waals surface area contributed by atoms with Crippen LogP contribution in [0.2, 0.25) is 0 Å². The zero-order chi connectivity index (χ0) is 12.0. The van der Waals surface area contributed by atoms with Crippen LogP contribution in [0.25, 0.3) is 0 Å². The monoisotopic (exact) mass is 232 g/mol. The van der Waals surface area contributed by atoms with Crippen molar-refractivity contribution < 1.29 is 9.90 Å². The number of carbonyl (C=O) groups is 1. The van der Waals surface area contributed by atoms with Crippen molar-refractivity contribution >= 4 is 11.6 Å². The number of aryl methyl sites for hydroxylation is 1. The number of nitrogens with zero attached hydrogens (tertiary/aromatic N) is 1. The van der Waals surface area contributed by atoms with Crippen molar-refractivity contribution in [3.8, 4) is 0 Å². The Labute approximate surface area is 100 Å². The van der Waals surface area contributed by atoms with Gasteiger partial charge in [-0.3, -0.25) is 4.79 Å². The number of hydrogen-bond acceptors (Lipinski definition) is 3. The van der Waals surface area contributed by atoms with Gasteiger partial charge in [-0.1, -0.05) is 12.1 Å². The topological polar surface area (TPSA) is 52.6 Å². The molecule has 4 heteroatoms. The lowest BCUT2D eigenvalue weighted by Crippen LogP contribution is -2.43. The van der Waals surface area contributed by atoms with Gasteiger partial charge in [0.05, 0.1) is 17.3 Å². The average Bonchev–Trinajstić information content (AvgIpc) is 2.76. The zero-order valence-electron chi connectivity index (χ0n) is 9.81. The number of aliphatic hydroxyl groups excluding tert-OH is 1. The number of carbonyl (C=O) groups excluding carboxylic acids is 1. The van der Waals surface area contributed by atoms with Crippen LogP contribution in [-0.2, 0) is 0 Å². The summed E-state index contributed by atoms with van der Waals surface area (Å²) < 4.78 is 0. The number of rotatable bonds is 0. The van der Waals surface area contributed by atoms with E-state index in [0.717, 1.165) is 30.6 Å². The van der Waals surface area contributed by atoms with Crippen LogP contribution in [0.5, 0.6) is 0 Å². The molecule has 2 heterocycles. The molecule has 2 aliphatic heterocycles. The summed E-state index contributed by atoms with van der Waals surface area (Å²) in [5, 5.41) is 13.2. The molecule has 3 rings (SSSR count). The van der Waals surface area contributed by atoms with Crippen LogP contribution in [-0.4, -0.2) is 34.7 Å². The molecule has 4 nitrogen and oxygen atoms in total.